The molecule has 2 aliphatic heterocycles. The summed E-state index contributed by atoms with van der Waals surface area (Å²) in [6.07, 6.45) is 1.59. The van der Waals surface area contributed by atoms with Gasteiger partial charge >= 0.3 is 29.6 Å². The van der Waals surface area contributed by atoms with Crippen LogP contribution in [-0.2, 0) is 14.4 Å². The number of anilines is 1. The van der Waals surface area contributed by atoms with Gasteiger partial charge < -0.3 is 21.0 Å². The normalized spacial score (nSPS) is 20.3. The van der Waals surface area contributed by atoms with E-state index < -0.39 is 29.2 Å². The molecule has 0 bridgehead atoms. The van der Waals surface area contributed by atoms with Crippen molar-refractivity contribution in [2.24, 2.45) is 0 Å². The fraction of sp³-hybridized carbons (Fsp3) is 0.250. The van der Waals surface area contributed by atoms with Crippen LogP contribution >= 0.6 is 58.0 Å². The molecule has 4 heterocycles. The van der Waals surface area contributed by atoms with Gasteiger partial charge in [0.05, 0.1) is 29.1 Å². The zero-order chi connectivity index (χ0) is 22.1. The molecule has 2 aromatic rings. The van der Waals surface area contributed by atoms with Crippen molar-refractivity contribution < 1.29 is 49.0 Å². The predicted molar refractivity (Wildman–Crippen MR) is 118 cm³/mol. The molecule has 1 saturated heterocycles. The molecule has 32 heavy (non-hydrogen) atoms. The van der Waals surface area contributed by atoms with E-state index in [-0.39, 0.29) is 46.0 Å². The van der Waals surface area contributed by atoms with Crippen molar-refractivity contribution in [2.75, 3.05) is 17.2 Å². The number of β-lactam (4-membered cyclic amide) rings is 1. The van der Waals surface area contributed by atoms with Gasteiger partial charge in [-0.2, -0.15) is 0 Å². The number of carboxylic acid groups (broad SMARTS) is 1. The van der Waals surface area contributed by atoms with Crippen molar-refractivity contribution in [2.45, 2.75) is 15.6 Å². The number of hydrogen-bond acceptors (Lipinski definition) is 12. The second-order valence-corrected chi connectivity index (χ2v) is 10.5. The largest absolute Gasteiger partial charge is 1.00 e. The van der Waals surface area contributed by atoms with E-state index in [1.54, 1.807) is 11.6 Å². The van der Waals surface area contributed by atoms with Gasteiger partial charge in [-0.15, -0.1) is 40.0 Å². The maximum Gasteiger partial charge on any atom is 1.00 e. The van der Waals surface area contributed by atoms with Crippen molar-refractivity contribution >= 4 is 86.5 Å². The van der Waals surface area contributed by atoms with Crippen molar-refractivity contribution in [1.29, 1.82) is 0 Å². The quantitative estimate of drug-likeness (QED) is 0.165. The molecule has 1 fully saturated rings. The number of nitrogen functional groups attached to an aromatic ring is 1. The zero-order valence-corrected chi connectivity index (χ0v) is 22.3. The van der Waals surface area contributed by atoms with Gasteiger partial charge in [-0.3, -0.25) is 14.5 Å². The molecule has 3 N–H and O–H groups in total. The van der Waals surface area contributed by atoms with Crippen LogP contribution in [-0.4, -0.2) is 60.2 Å². The van der Waals surface area contributed by atoms with Crippen molar-refractivity contribution in [3.63, 3.8) is 0 Å². The number of aliphatic carboxylic acids is 1. The second-order valence-electron chi connectivity index (χ2n) is 6.22. The van der Waals surface area contributed by atoms with Crippen molar-refractivity contribution in [3.8, 4) is 0 Å². The Labute approximate surface area is 225 Å². The van der Waals surface area contributed by atoms with E-state index in [1.165, 1.54) is 40.0 Å². The van der Waals surface area contributed by atoms with Gasteiger partial charge in [0.2, 0.25) is 0 Å². The van der Waals surface area contributed by atoms with Crippen LogP contribution < -0.4 is 45.7 Å². The number of aromatic nitrogens is 3. The first-order chi connectivity index (χ1) is 14.9. The number of halogens is 1. The predicted octanol–water partition coefficient (Wildman–Crippen LogP) is -2.64. The number of carboxylic acids is 1. The van der Waals surface area contributed by atoms with Crippen LogP contribution in [0.4, 0.5) is 5.13 Å². The standard InChI is InChI=1S/C16H13ClN6O4S4.Na/c17-1-7(8-5-30-16(18)20-8)12(24)21-10-13(25)23-11(15(26)27)6(4-29-14(10)23)3-28-9-2-19-22-31-9;/h1-2,5,10,14H,3-4H2,(H2,18,20)(H,21,24)(H,26,27);/q;+1/p-1/t10?,14-;/m0./s1. The Balaban J connectivity index is 0.00000289. The van der Waals surface area contributed by atoms with Gasteiger partial charge in [0, 0.05) is 22.4 Å². The number of hydrogen-bond donors (Lipinski definition) is 2. The van der Waals surface area contributed by atoms with Crippen molar-refractivity contribution in [3.05, 3.63) is 34.1 Å². The molecule has 0 saturated carbocycles. The number of nitrogens with one attached hydrogen (secondary N) is 1. The fourth-order valence-electron chi connectivity index (χ4n) is 3.01. The maximum atomic E-state index is 12.7. The van der Waals surface area contributed by atoms with Crippen LogP contribution in [0, 0.1) is 0 Å². The van der Waals surface area contributed by atoms with E-state index in [0.717, 1.165) is 21.1 Å². The Morgan fingerprint density at radius 1 is 1.47 bits per heavy atom. The van der Waals surface area contributed by atoms with E-state index in [2.05, 4.69) is 19.9 Å². The first-order valence-corrected chi connectivity index (χ1v) is 12.6. The van der Waals surface area contributed by atoms with Crippen LogP contribution in [0.3, 0.4) is 0 Å². The SMILES string of the molecule is Nc1nc(C(=CCl)C(=O)NC2C(=O)N3C(C(=O)[O-])=C(CSc4cnns4)CS[C@@H]23)cs1.[Na+]. The Kier molecular flexibility index (Phi) is 8.65. The number of carbonyl (C=O) groups is 3. The second kappa shape index (κ2) is 10.9. The van der Waals surface area contributed by atoms with E-state index in [0.29, 0.717) is 22.8 Å². The molecule has 2 aliphatic rings. The average Bonchev–Trinajstić information content (AvgIpc) is 3.42. The minimum absolute atomic E-state index is 0. The molecule has 1 unspecified atom stereocenters. The molecule has 0 radical (unpaired) electrons. The summed E-state index contributed by atoms with van der Waals surface area (Å²) in [4.78, 5) is 42.4. The Hall–Kier alpha value is -1.13. The van der Waals surface area contributed by atoms with Crippen LogP contribution in [0.5, 0.6) is 0 Å². The third kappa shape index (κ3) is 5.01. The van der Waals surface area contributed by atoms with Gasteiger partial charge in [0.25, 0.3) is 11.8 Å². The Bertz CT molecular complexity index is 1110. The van der Waals surface area contributed by atoms with Gasteiger partial charge in [-0.25, -0.2) is 4.98 Å². The molecule has 16 heteroatoms. The minimum atomic E-state index is -1.43. The van der Waals surface area contributed by atoms with Gasteiger partial charge in [0.1, 0.15) is 15.6 Å². The van der Waals surface area contributed by atoms with E-state index in [9.17, 15) is 19.5 Å². The molecule has 2 atom stereocenters. The maximum absolute atomic E-state index is 12.7. The molecule has 4 rings (SSSR count). The molecule has 0 aliphatic carbocycles. The number of amides is 2. The molecular weight excluding hydrogens is 527 g/mol. The van der Waals surface area contributed by atoms with Gasteiger partial charge in [-0.05, 0) is 17.1 Å². The number of thioether (sulfide) groups is 2. The Morgan fingerprint density at radius 3 is 2.84 bits per heavy atom. The van der Waals surface area contributed by atoms with Crippen LogP contribution in [0.15, 0.2) is 32.6 Å². The molecule has 10 nitrogen and oxygen atoms in total. The number of rotatable bonds is 7. The monoisotopic (exact) mass is 538 g/mol. The van der Waals surface area contributed by atoms with E-state index in [1.807, 2.05) is 0 Å². The van der Waals surface area contributed by atoms with Gasteiger partial charge in [-0.1, -0.05) is 16.1 Å². The molecule has 0 spiro atoms. The molecule has 0 aromatic carbocycles. The number of nitrogens with two attached hydrogens (primary N) is 1. The summed E-state index contributed by atoms with van der Waals surface area (Å²) in [6.45, 7) is 0. The smallest absolute Gasteiger partial charge is 0.543 e. The number of fused-ring (bicyclic) bond motifs is 1. The summed E-state index contributed by atoms with van der Waals surface area (Å²) in [6, 6.07) is -0.894. The fourth-order valence-corrected chi connectivity index (χ4v) is 6.70. The zero-order valence-electron chi connectivity index (χ0n) is 16.3. The summed E-state index contributed by atoms with van der Waals surface area (Å²) < 4.78 is 4.60. The first-order valence-electron chi connectivity index (χ1n) is 8.51. The summed E-state index contributed by atoms with van der Waals surface area (Å²) in [5.74, 6) is -1.82. The van der Waals surface area contributed by atoms with Crippen LogP contribution in [0.2, 0.25) is 0 Å². The van der Waals surface area contributed by atoms with Crippen molar-refractivity contribution in [1.82, 2.24) is 24.8 Å². The van der Waals surface area contributed by atoms with E-state index >= 15 is 0 Å². The summed E-state index contributed by atoms with van der Waals surface area (Å²) in [5, 5.41) is 19.4. The third-order valence-electron chi connectivity index (χ3n) is 4.41. The number of nitrogens with zero attached hydrogens (tertiary/aromatic N) is 4. The first kappa shape index (κ1) is 25.5. The topological polar surface area (TPSA) is 154 Å². The molecule has 162 valence electrons. The van der Waals surface area contributed by atoms with Crippen LogP contribution in [0.1, 0.15) is 5.69 Å². The average molecular weight is 539 g/mol. The summed E-state index contributed by atoms with van der Waals surface area (Å²) in [7, 11) is 0. The molecule has 2 aromatic heterocycles. The van der Waals surface area contributed by atoms with Gasteiger partial charge in [0.15, 0.2) is 5.13 Å². The Morgan fingerprint density at radius 2 is 2.25 bits per heavy atom. The molecule has 2 amide bonds. The molecular formula is C16H12ClN6NaO4S4. The van der Waals surface area contributed by atoms with Crippen LogP contribution in [0.25, 0.3) is 5.57 Å². The third-order valence-corrected chi connectivity index (χ3v) is 8.56. The van der Waals surface area contributed by atoms with E-state index in [4.69, 9.17) is 17.3 Å². The summed E-state index contributed by atoms with van der Waals surface area (Å²) >= 11 is 10.9. The minimum Gasteiger partial charge on any atom is -0.543 e. The number of thiazole rings is 1. The summed E-state index contributed by atoms with van der Waals surface area (Å²) in [5.41, 5.74) is 7.44. The number of carbonyl (C=O) groups excluding carboxylic acids is 3.